The number of aryl methyl sites for hydroxylation is 2. The van der Waals surface area contributed by atoms with Gasteiger partial charge in [0.05, 0.1) is 31.0 Å². The summed E-state index contributed by atoms with van der Waals surface area (Å²) in [5, 5.41) is 4.36. The van der Waals surface area contributed by atoms with E-state index < -0.39 is 0 Å². The second-order valence-corrected chi connectivity index (χ2v) is 8.84. The van der Waals surface area contributed by atoms with E-state index in [1.165, 1.54) is 20.5 Å². The van der Waals surface area contributed by atoms with E-state index in [0.29, 0.717) is 0 Å². The van der Waals surface area contributed by atoms with Crippen LogP contribution in [0.15, 0.2) is 24.4 Å². The van der Waals surface area contributed by atoms with E-state index in [4.69, 9.17) is 17.0 Å². The van der Waals surface area contributed by atoms with Crippen molar-refractivity contribution in [3.63, 3.8) is 0 Å². The van der Waals surface area contributed by atoms with E-state index in [9.17, 15) is 0 Å². The summed E-state index contributed by atoms with van der Waals surface area (Å²) in [6.07, 6.45) is 1.85. The predicted molar refractivity (Wildman–Crippen MR) is 122 cm³/mol. The Labute approximate surface area is 185 Å². The molecule has 4 rings (SSSR count). The van der Waals surface area contributed by atoms with Crippen LogP contribution < -0.4 is 5.32 Å². The number of aromatic amines is 1. The highest BCUT2D eigenvalue weighted by molar-refractivity contribution is 14.1. The first kappa shape index (κ1) is 20.1. The minimum absolute atomic E-state index is 0.0424. The molecule has 2 fully saturated rings. The molecule has 0 aromatic carbocycles. The zero-order chi connectivity index (χ0) is 19.7. The van der Waals surface area contributed by atoms with Crippen LogP contribution in [0.4, 0.5) is 0 Å². The smallest absolute Gasteiger partial charge is 0.170 e. The number of hydrogen-bond acceptors (Lipinski definition) is 4. The maximum atomic E-state index is 5.79. The zero-order valence-corrected chi connectivity index (χ0v) is 19.2. The summed E-state index contributed by atoms with van der Waals surface area (Å²) in [6.45, 7) is 9.77. The zero-order valence-electron chi connectivity index (χ0n) is 16.2. The van der Waals surface area contributed by atoms with Gasteiger partial charge in [-0.05, 0) is 60.8 Å². The fourth-order valence-electron chi connectivity index (χ4n) is 4.16. The number of ether oxygens (including phenoxy) is 1. The Morgan fingerprint density at radius 2 is 2.00 bits per heavy atom. The average molecular weight is 511 g/mol. The van der Waals surface area contributed by atoms with Crippen molar-refractivity contribution >= 4 is 39.9 Å². The van der Waals surface area contributed by atoms with Crippen molar-refractivity contribution in [1.82, 2.24) is 25.1 Å². The minimum atomic E-state index is 0.0424. The molecule has 2 N–H and O–H groups in total. The first-order chi connectivity index (χ1) is 13.6. The number of thiocarbonyl (C=S) groups is 1. The molecule has 0 radical (unpaired) electrons. The van der Waals surface area contributed by atoms with Gasteiger partial charge >= 0.3 is 0 Å². The van der Waals surface area contributed by atoms with Crippen LogP contribution in [0, 0.1) is 17.4 Å². The van der Waals surface area contributed by atoms with Gasteiger partial charge in [0.1, 0.15) is 0 Å². The van der Waals surface area contributed by atoms with E-state index in [1.807, 2.05) is 18.3 Å². The van der Waals surface area contributed by atoms with Gasteiger partial charge in [0.25, 0.3) is 0 Å². The Balaban J connectivity index is 1.66. The number of hydrogen-bond donors (Lipinski definition) is 2. The monoisotopic (exact) mass is 511 g/mol. The van der Waals surface area contributed by atoms with Crippen LogP contribution in [-0.4, -0.2) is 64.3 Å². The maximum absolute atomic E-state index is 5.79. The van der Waals surface area contributed by atoms with E-state index in [-0.39, 0.29) is 12.1 Å². The fraction of sp³-hybridized carbons (Fsp3) is 0.500. The molecule has 6 nitrogen and oxygen atoms in total. The van der Waals surface area contributed by atoms with Crippen LogP contribution in [0.2, 0.25) is 0 Å². The molecule has 2 atom stereocenters. The Hall–Kier alpha value is -1.23. The van der Waals surface area contributed by atoms with E-state index in [0.717, 1.165) is 50.2 Å². The largest absolute Gasteiger partial charge is 0.379 e. The number of halogens is 1. The predicted octanol–water partition coefficient (Wildman–Crippen LogP) is 2.94. The van der Waals surface area contributed by atoms with Crippen molar-refractivity contribution < 1.29 is 4.74 Å². The topological polar surface area (TPSA) is 56.4 Å². The SMILES string of the molecule is Cc1[nH]c(C)c([C@@H]2[C@H](c3ccccn3)NC(=S)N2CCN2CCOCC2)c1I. The van der Waals surface area contributed by atoms with E-state index >= 15 is 0 Å². The van der Waals surface area contributed by atoms with Gasteiger partial charge in [-0.15, -0.1) is 0 Å². The number of aromatic nitrogens is 2. The Morgan fingerprint density at radius 1 is 1.21 bits per heavy atom. The summed E-state index contributed by atoms with van der Waals surface area (Å²) in [5.74, 6) is 0. The Morgan fingerprint density at radius 3 is 2.64 bits per heavy atom. The molecule has 8 heteroatoms. The van der Waals surface area contributed by atoms with Gasteiger partial charge in [0, 0.05) is 52.9 Å². The summed E-state index contributed by atoms with van der Waals surface area (Å²) < 4.78 is 6.77. The van der Waals surface area contributed by atoms with Crippen molar-refractivity contribution in [1.29, 1.82) is 0 Å². The Bertz CT molecular complexity index is 837. The molecule has 2 saturated heterocycles. The van der Waals surface area contributed by atoms with Crippen LogP contribution >= 0.6 is 34.8 Å². The highest BCUT2D eigenvalue weighted by Gasteiger charge is 2.42. The number of nitrogens with one attached hydrogen (secondary N) is 2. The van der Waals surface area contributed by atoms with Gasteiger partial charge < -0.3 is 19.9 Å². The lowest BCUT2D eigenvalue weighted by Crippen LogP contribution is -2.42. The lowest BCUT2D eigenvalue weighted by molar-refractivity contribution is 0.0350. The average Bonchev–Trinajstić information content (AvgIpc) is 3.16. The third kappa shape index (κ3) is 3.92. The van der Waals surface area contributed by atoms with Gasteiger partial charge in [-0.3, -0.25) is 9.88 Å². The van der Waals surface area contributed by atoms with Gasteiger partial charge in [-0.25, -0.2) is 0 Å². The minimum Gasteiger partial charge on any atom is -0.379 e. The van der Waals surface area contributed by atoms with Crippen LogP contribution in [-0.2, 0) is 4.74 Å². The molecule has 2 aromatic rings. The molecule has 0 bridgehead atoms. The summed E-state index contributed by atoms with van der Waals surface area (Å²) in [4.78, 5) is 13.0. The van der Waals surface area contributed by atoms with Crippen LogP contribution in [0.5, 0.6) is 0 Å². The number of morpholine rings is 1. The van der Waals surface area contributed by atoms with Crippen LogP contribution in [0.1, 0.15) is 34.7 Å². The van der Waals surface area contributed by atoms with Crippen molar-refractivity contribution in [3.8, 4) is 0 Å². The molecule has 4 heterocycles. The molecule has 28 heavy (non-hydrogen) atoms. The first-order valence-corrected chi connectivity index (χ1v) is 11.2. The highest BCUT2D eigenvalue weighted by Crippen LogP contribution is 2.42. The maximum Gasteiger partial charge on any atom is 0.170 e. The quantitative estimate of drug-likeness (QED) is 0.476. The van der Waals surface area contributed by atoms with E-state index in [2.05, 4.69) is 67.6 Å². The van der Waals surface area contributed by atoms with Gasteiger partial charge in [0.15, 0.2) is 5.11 Å². The Kier molecular flexibility index (Phi) is 6.19. The summed E-state index contributed by atoms with van der Waals surface area (Å²) >= 11 is 8.24. The van der Waals surface area contributed by atoms with E-state index in [1.54, 1.807) is 0 Å². The number of H-pyrrole nitrogens is 1. The number of nitrogens with zero attached hydrogens (tertiary/aromatic N) is 3. The molecule has 0 unspecified atom stereocenters. The van der Waals surface area contributed by atoms with Gasteiger partial charge in [0.2, 0.25) is 0 Å². The second kappa shape index (κ2) is 8.64. The van der Waals surface area contributed by atoms with Crippen molar-refractivity contribution in [2.24, 2.45) is 0 Å². The summed E-state index contributed by atoms with van der Waals surface area (Å²) in [7, 11) is 0. The third-order valence-electron chi connectivity index (χ3n) is 5.60. The molecule has 150 valence electrons. The number of pyridine rings is 1. The molecule has 0 spiro atoms. The van der Waals surface area contributed by atoms with Gasteiger partial charge in [-0.2, -0.15) is 0 Å². The molecule has 2 aliphatic rings. The molecule has 0 amide bonds. The molecule has 2 aromatic heterocycles. The molecule has 0 aliphatic carbocycles. The molecular weight excluding hydrogens is 485 g/mol. The second-order valence-electron chi connectivity index (χ2n) is 7.38. The highest BCUT2D eigenvalue weighted by atomic mass is 127. The lowest BCUT2D eigenvalue weighted by Gasteiger charge is -2.32. The van der Waals surface area contributed by atoms with Crippen LogP contribution in [0.3, 0.4) is 0 Å². The fourth-order valence-corrected chi connectivity index (χ4v) is 5.35. The molecular formula is C20H26IN5OS. The van der Waals surface area contributed by atoms with Crippen molar-refractivity contribution in [2.75, 3.05) is 39.4 Å². The lowest BCUT2D eigenvalue weighted by atomic mass is 9.97. The summed E-state index contributed by atoms with van der Waals surface area (Å²) in [6, 6.07) is 6.25. The van der Waals surface area contributed by atoms with Gasteiger partial charge in [-0.1, -0.05) is 6.07 Å². The molecule has 0 saturated carbocycles. The third-order valence-corrected chi connectivity index (χ3v) is 7.34. The first-order valence-electron chi connectivity index (χ1n) is 9.69. The van der Waals surface area contributed by atoms with Crippen molar-refractivity contribution in [3.05, 3.63) is 50.6 Å². The van der Waals surface area contributed by atoms with Crippen LogP contribution in [0.25, 0.3) is 0 Å². The standard InChI is InChI=1S/C20H26IN5OS/c1-13-16(17(21)14(2)23-13)19-18(15-5-3-4-6-22-15)24-20(28)26(19)8-7-25-9-11-27-12-10-25/h3-6,18-19,23H,7-12H2,1-2H3,(H,24,28)/t18-,19+/m0/s1. The normalized spacial score (nSPS) is 23.2. The van der Waals surface area contributed by atoms with Crippen molar-refractivity contribution in [2.45, 2.75) is 25.9 Å². The molecule has 2 aliphatic heterocycles. The number of rotatable bonds is 5. The summed E-state index contributed by atoms with van der Waals surface area (Å²) in [5.41, 5.74) is 4.76.